The lowest BCUT2D eigenvalue weighted by Crippen LogP contribution is -2.18. The number of imidazole rings is 1. The van der Waals surface area contributed by atoms with E-state index in [0.29, 0.717) is 10.9 Å². The van der Waals surface area contributed by atoms with Crippen LogP contribution in [0.25, 0.3) is 11.0 Å². The average molecular weight is 311 g/mol. The van der Waals surface area contributed by atoms with Gasteiger partial charge in [0.1, 0.15) is 11.3 Å². The Bertz CT molecular complexity index is 598. The van der Waals surface area contributed by atoms with Crippen molar-refractivity contribution in [3.63, 3.8) is 0 Å². The maximum Gasteiger partial charge on any atom is 0.124 e. The van der Waals surface area contributed by atoms with Crippen LogP contribution >= 0.6 is 23.2 Å². The van der Waals surface area contributed by atoms with Crippen molar-refractivity contribution in [3.8, 4) is 0 Å². The molecule has 0 bridgehead atoms. The summed E-state index contributed by atoms with van der Waals surface area (Å²) in [5.41, 5.74) is 2.00. The van der Waals surface area contributed by atoms with E-state index in [0.717, 1.165) is 35.2 Å². The third-order valence-corrected chi connectivity index (χ3v) is 5.05. The fourth-order valence-corrected chi connectivity index (χ4v) is 3.65. The highest BCUT2D eigenvalue weighted by atomic mass is 35.5. The second-order valence-electron chi connectivity index (χ2n) is 6.01. The molecule has 1 heterocycles. The van der Waals surface area contributed by atoms with Crippen molar-refractivity contribution < 1.29 is 0 Å². The van der Waals surface area contributed by atoms with Gasteiger partial charge in [-0.2, -0.15) is 0 Å². The van der Waals surface area contributed by atoms with Gasteiger partial charge in [0.15, 0.2) is 0 Å². The first-order valence-corrected chi connectivity index (χ1v) is 8.30. The van der Waals surface area contributed by atoms with Crippen LogP contribution in [0.2, 0.25) is 5.02 Å². The molecule has 0 radical (unpaired) electrons. The molecular formula is C16H20Cl2N2. The summed E-state index contributed by atoms with van der Waals surface area (Å²) in [6.45, 7) is 3.37. The zero-order valence-corrected chi connectivity index (χ0v) is 13.3. The predicted octanol–water partition coefficient (Wildman–Crippen LogP) is 5.25. The molecule has 0 spiro atoms. The number of hydrogen-bond acceptors (Lipinski definition) is 1. The molecule has 0 saturated heterocycles. The lowest BCUT2D eigenvalue weighted by molar-refractivity contribution is 0.265. The molecule has 1 saturated carbocycles. The van der Waals surface area contributed by atoms with Gasteiger partial charge in [0.05, 0.1) is 16.4 Å². The molecular weight excluding hydrogens is 291 g/mol. The van der Waals surface area contributed by atoms with Gasteiger partial charge in [0, 0.05) is 6.54 Å². The number of para-hydroxylation sites is 1. The first-order chi connectivity index (χ1) is 9.69. The van der Waals surface area contributed by atoms with Gasteiger partial charge < -0.3 is 4.57 Å². The summed E-state index contributed by atoms with van der Waals surface area (Å²) in [4.78, 5) is 4.61. The topological polar surface area (TPSA) is 17.8 Å². The van der Waals surface area contributed by atoms with Gasteiger partial charge in [-0.05, 0) is 36.8 Å². The van der Waals surface area contributed by atoms with Gasteiger partial charge in [-0.15, -0.1) is 11.6 Å². The van der Waals surface area contributed by atoms with Crippen LogP contribution in [-0.2, 0) is 12.4 Å². The van der Waals surface area contributed by atoms with E-state index in [1.165, 1.54) is 25.7 Å². The first-order valence-electron chi connectivity index (χ1n) is 7.38. The zero-order valence-electron chi connectivity index (χ0n) is 11.8. The van der Waals surface area contributed by atoms with Gasteiger partial charge in [-0.1, -0.05) is 37.4 Å². The smallest absolute Gasteiger partial charge is 0.124 e. The van der Waals surface area contributed by atoms with Crippen molar-refractivity contribution in [2.45, 2.75) is 45.0 Å². The summed E-state index contributed by atoms with van der Waals surface area (Å²) in [5, 5.41) is 0.713. The minimum Gasteiger partial charge on any atom is -0.327 e. The molecule has 4 heteroatoms. The molecule has 0 amide bonds. The average Bonchev–Trinajstić information content (AvgIpc) is 2.81. The van der Waals surface area contributed by atoms with Crippen LogP contribution in [0.3, 0.4) is 0 Å². The van der Waals surface area contributed by atoms with E-state index in [1.807, 2.05) is 12.1 Å². The molecule has 1 aliphatic carbocycles. The van der Waals surface area contributed by atoms with E-state index in [4.69, 9.17) is 23.2 Å². The first kappa shape index (κ1) is 14.2. The van der Waals surface area contributed by atoms with Gasteiger partial charge in [0.25, 0.3) is 0 Å². The van der Waals surface area contributed by atoms with Crippen molar-refractivity contribution in [1.29, 1.82) is 0 Å². The van der Waals surface area contributed by atoms with Crippen LogP contribution < -0.4 is 0 Å². The zero-order chi connectivity index (χ0) is 14.1. The molecule has 3 rings (SSSR count). The number of alkyl halides is 1. The molecule has 0 unspecified atom stereocenters. The van der Waals surface area contributed by atoms with E-state index in [-0.39, 0.29) is 0 Å². The molecule has 1 aromatic carbocycles. The van der Waals surface area contributed by atoms with Crippen molar-refractivity contribution in [3.05, 3.63) is 29.0 Å². The molecule has 1 aromatic heterocycles. The van der Waals surface area contributed by atoms with Gasteiger partial charge in [0.2, 0.25) is 0 Å². The summed E-state index contributed by atoms with van der Waals surface area (Å²) in [6, 6.07) is 5.97. The maximum absolute atomic E-state index is 6.24. The van der Waals surface area contributed by atoms with E-state index in [2.05, 4.69) is 22.5 Å². The number of nitrogens with zero attached hydrogens (tertiary/aromatic N) is 2. The number of halogens is 2. The summed E-state index contributed by atoms with van der Waals surface area (Å²) in [5.74, 6) is 3.00. The highest BCUT2D eigenvalue weighted by Gasteiger charge is 2.21. The fourth-order valence-electron chi connectivity index (χ4n) is 3.24. The molecule has 2 aromatic rings. The Hall–Kier alpha value is -0.730. The molecule has 0 atom stereocenters. The van der Waals surface area contributed by atoms with Gasteiger partial charge >= 0.3 is 0 Å². The van der Waals surface area contributed by atoms with Crippen molar-refractivity contribution in [2.24, 2.45) is 11.8 Å². The minimum absolute atomic E-state index is 0.439. The third kappa shape index (κ3) is 2.68. The van der Waals surface area contributed by atoms with Gasteiger partial charge in [-0.25, -0.2) is 4.98 Å². The summed E-state index contributed by atoms with van der Waals surface area (Å²) in [6.07, 6.45) is 5.30. The number of hydrogen-bond donors (Lipinski definition) is 0. The Balaban J connectivity index is 1.92. The summed E-state index contributed by atoms with van der Waals surface area (Å²) >= 11 is 12.3. The fraction of sp³-hybridized carbons (Fsp3) is 0.562. The second kappa shape index (κ2) is 5.95. The Morgan fingerprint density at radius 3 is 2.70 bits per heavy atom. The van der Waals surface area contributed by atoms with Crippen molar-refractivity contribution >= 4 is 34.2 Å². The maximum atomic E-state index is 6.24. The Kier molecular flexibility index (Phi) is 4.23. The van der Waals surface area contributed by atoms with Crippen LogP contribution in [0.15, 0.2) is 18.2 Å². The Labute approximate surface area is 130 Å². The normalized spacial score (nSPS) is 23.4. The lowest BCUT2D eigenvalue weighted by atomic mass is 9.83. The SMILES string of the molecule is CC1CCC(Cn2c(CCl)nc3c(Cl)cccc32)CC1. The number of fused-ring (bicyclic) bond motifs is 1. The van der Waals surface area contributed by atoms with E-state index >= 15 is 0 Å². The van der Waals surface area contributed by atoms with Crippen LogP contribution in [0.5, 0.6) is 0 Å². The summed E-state index contributed by atoms with van der Waals surface area (Å²) < 4.78 is 2.27. The van der Waals surface area contributed by atoms with E-state index < -0.39 is 0 Å². The quantitative estimate of drug-likeness (QED) is 0.707. The van der Waals surface area contributed by atoms with Crippen LogP contribution in [0.1, 0.15) is 38.4 Å². The largest absolute Gasteiger partial charge is 0.327 e. The molecule has 20 heavy (non-hydrogen) atoms. The highest BCUT2D eigenvalue weighted by molar-refractivity contribution is 6.35. The van der Waals surface area contributed by atoms with Gasteiger partial charge in [-0.3, -0.25) is 0 Å². The summed E-state index contributed by atoms with van der Waals surface area (Å²) in [7, 11) is 0. The third-order valence-electron chi connectivity index (χ3n) is 4.50. The van der Waals surface area contributed by atoms with Crippen molar-refractivity contribution in [1.82, 2.24) is 9.55 Å². The molecule has 0 N–H and O–H groups in total. The molecule has 1 aliphatic rings. The minimum atomic E-state index is 0.439. The van der Waals surface area contributed by atoms with Crippen molar-refractivity contribution in [2.75, 3.05) is 0 Å². The Morgan fingerprint density at radius 2 is 2.00 bits per heavy atom. The lowest BCUT2D eigenvalue weighted by Gasteiger charge is -2.27. The van der Waals surface area contributed by atoms with Crippen LogP contribution in [0.4, 0.5) is 0 Å². The number of aromatic nitrogens is 2. The van der Waals surface area contributed by atoms with Crippen LogP contribution in [0, 0.1) is 11.8 Å². The van der Waals surface area contributed by atoms with Crippen LogP contribution in [-0.4, -0.2) is 9.55 Å². The second-order valence-corrected chi connectivity index (χ2v) is 6.68. The standard InChI is InChI=1S/C16H20Cl2N2/c1-11-5-7-12(8-6-11)10-20-14-4-2-3-13(18)16(14)19-15(20)9-17/h2-4,11-12H,5-10H2,1H3. The Morgan fingerprint density at radius 1 is 1.25 bits per heavy atom. The monoisotopic (exact) mass is 310 g/mol. The van der Waals surface area contributed by atoms with E-state index in [1.54, 1.807) is 0 Å². The molecule has 2 nitrogen and oxygen atoms in total. The molecule has 0 aliphatic heterocycles. The molecule has 1 fully saturated rings. The number of rotatable bonds is 3. The highest BCUT2D eigenvalue weighted by Crippen LogP contribution is 2.32. The predicted molar refractivity (Wildman–Crippen MR) is 85.4 cm³/mol. The van der Waals surface area contributed by atoms with E-state index in [9.17, 15) is 0 Å². The number of benzene rings is 1. The molecule has 108 valence electrons.